The van der Waals surface area contributed by atoms with Crippen LogP contribution in [0.3, 0.4) is 0 Å². The Kier molecular flexibility index (Phi) is 4.39. The number of halogens is 1. The van der Waals surface area contributed by atoms with Gasteiger partial charge in [-0.25, -0.2) is 8.42 Å². The summed E-state index contributed by atoms with van der Waals surface area (Å²) < 4.78 is 23.1. The van der Waals surface area contributed by atoms with Crippen LogP contribution in [0.25, 0.3) is 0 Å². The van der Waals surface area contributed by atoms with E-state index >= 15 is 0 Å². The maximum absolute atomic E-state index is 12.6. The van der Waals surface area contributed by atoms with Crippen molar-refractivity contribution in [3.05, 3.63) is 29.8 Å². The van der Waals surface area contributed by atoms with Gasteiger partial charge in [-0.15, -0.1) is 0 Å². The summed E-state index contributed by atoms with van der Waals surface area (Å²) in [5, 5.41) is 0. The lowest BCUT2D eigenvalue weighted by atomic mass is 9.93. The number of likely N-dealkylation sites (tertiary alicyclic amines) is 1. The second kappa shape index (κ2) is 5.74. The van der Waals surface area contributed by atoms with Crippen molar-refractivity contribution in [2.24, 2.45) is 5.92 Å². The van der Waals surface area contributed by atoms with Gasteiger partial charge in [0.2, 0.25) is 0 Å². The Morgan fingerprint density at radius 1 is 1.30 bits per heavy atom. The minimum Gasteiger partial charge on any atom is -0.336 e. The van der Waals surface area contributed by atoms with Crippen molar-refractivity contribution in [1.82, 2.24) is 4.90 Å². The van der Waals surface area contributed by atoms with Gasteiger partial charge in [0.1, 0.15) is 0 Å². The van der Waals surface area contributed by atoms with Gasteiger partial charge in [0, 0.05) is 23.3 Å². The van der Waals surface area contributed by atoms with Crippen molar-refractivity contribution >= 4 is 25.6 Å². The highest BCUT2D eigenvalue weighted by atomic mass is 35.7. The van der Waals surface area contributed by atoms with E-state index in [0.717, 1.165) is 12.8 Å². The van der Waals surface area contributed by atoms with Gasteiger partial charge in [-0.1, -0.05) is 19.1 Å². The van der Waals surface area contributed by atoms with Crippen molar-refractivity contribution in [1.29, 1.82) is 0 Å². The highest BCUT2D eigenvalue weighted by molar-refractivity contribution is 8.13. The van der Waals surface area contributed by atoms with Crippen LogP contribution in [-0.4, -0.2) is 31.8 Å². The average molecular weight is 316 g/mol. The molecule has 110 valence electrons. The number of hydrogen-bond acceptors (Lipinski definition) is 3. The molecule has 0 aromatic heterocycles. The van der Waals surface area contributed by atoms with Crippen molar-refractivity contribution in [2.45, 2.75) is 37.6 Å². The Morgan fingerprint density at radius 3 is 2.55 bits per heavy atom. The van der Waals surface area contributed by atoms with Gasteiger partial charge in [0.25, 0.3) is 15.0 Å². The van der Waals surface area contributed by atoms with E-state index in [1.807, 2.05) is 6.92 Å². The van der Waals surface area contributed by atoms with Gasteiger partial charge in [-0.3, -0.25) is 4.79 Å². The summed E-state index contributed by atoms with van der Waals surface area (Å²) in [4.78, 5) is 14.2. The second-order valence-electron chi connectivity index (χ2n) is 5.41. The number of rotatable bonds is 2. The zero-order chi connectivity index (χ0) is 14.9. The topological polar surface area (TPSA) is 54.5 Å². The Hall–Kier alpha value is -1.07. The highest BCUT2D eigenvalue weighted by Gasteiger charge is 2.30. The number of nitrogens with zero attached hydrogens (tertiary/aromatic N) is 1. The minimum atomic E-state index is -3.92. The molecule has 1 aromatic rings. The number of amides is 1. The molecule has 2 rings (SSSR count). The van der Waals surface area contributed by atoms with Crippen LogP contribution in [-0.2, 0) is 9.05 Å². The summed E-state index contributed by atoms with van der Waals surface area (Å²) in [6.07, 6.45) is 1.87. The Bertz CT molecular complexity index is 615. The summed E-state index contributed by atoms with van der Waals surface area (Å²) >= 11 is 0. The molecule has 1 aliphatic rings. The number of piperidine rings is 1. The van der Waals surface area contributed by atoms with E-state index < -0.39 is 9.05 Å². The summed E-state index contributed by atoms with van der Waals surface area (Å²) in [6.45, 7) is 4.80. The predicted molar refractivity (Wildman–Crippen MR) is 78.4 cm³/mol. The predicted octanol–water partition coefficient (Wildman–Crippen LogP) is 2.87. The molecule has 0 bridgehead atoms. The van der Waals surface area contributed by atoms with E-state index in [1.165, 1.54) is 12.1 Å². The van der Waals surface area contributed by atoms with Gasteiger partial charge < -0.3 is 4.90 Å². The van der Waals surface area contributed by atoms with Gasteiger partial charge in [-0.2, -0.15) is 0 Å². The molecule has 0 spiro atoms. The number of carbonyl (C=O) groups excluding carboxylic acids is 1. The van der Waals surface area contributed by atoms with Crippen LogP contribution in [0.4, 0.5) is 0 Å². The summed E-state index contributed by atoms with van der Waals surface area (Å²) in [5.74, 6) is 0.324. The Balaban J connectivity index is 2.35. The van der Waals surface area contributed by atoms with Crippen LogP contribution in [0.5, 0.6) is 0 Å². The first kappa shape index (κ1) is 15.3. The first-order chi connectivity index (χ1) is 9.30. The van der Waals surface area contributed by atoms with Crippen LogP contribution in [0, 0.1) is 5.92 Å². The van der Waals surface area contributed by atoms with E-state index in [0.29, 0.717) is 12.5 Å². The maximum atomic E-state index is 12.6. The molecule has 1 aliphatic heterocycles. The van der Waals surface area contributed by atoms with Gasteiger partial charge in [-0.05, 0) is 37.8 Å². The molecule has 0 saturated carbocycles. The van der Waals surface area contributed by atoms with E-state index in [1.54, 1.807) is 17.0 Å². The molecular formula is C14H18ClNO3S. The van der Waals surface area contributed by atoms with E-state index in [9.17, 15) is 13.2 Å². The summed E-state index contributed by atoms with van der Waals surface area (Å²) in [7, 11) is 1.49. The van der Waals surface area contributed by atoms with E-state index in [4.69, 9.17) is 10.7 Å². The molecule has 2 atom stereocenters. The standard InChI is InChI=1S/C14H18ClNO3S/c1-10-7-8-16(11(2)9-10)14(17)12-5-3-4-6-13(12)20(15,18)19/h3-6,10-11H,7-9H2,1-2H3. The lowest BCUT2D eigenvalue weighted by Gasteiger charge is -2.36. The smallest absolute Gasteiger partial charge is 0.262 e. The molecule has 1 saturated heterocycles. The molecule has 0 N–H and O–H groups in total. The van der Waals surface area contributed by atoms with Gasteiger partial charge in [0.15, 0.2) is 0 Å². The fourth-order valence-corrected chi connectivity index (χ4v) is 3.78. The zero-order valence-corrected chi connectivity index (χ0v) is 13.1. The summed E-state index contributed by atoms with van der Waals surface area (Å²) in [5.41, 5.74) is 0.156. The third kappa shape index (κ3) is 3.15. The molecule has 2 unspecified atom stereocenters. The number of hydrogen-bond donors (Lipinski definition) is 0. The average Bonchev–Trinajstić information content (AvgIpc) is 2.37. The van der Waals surface area contributed by atoms with Crippen LogP contribution >= 0.6 is 10.7 Å². The van der Waals surface area contributed by atoms with Crippen molar-refractivity contribution < 1.29 is 13.2 Å². The zero-order valence-electron chi connectivity index (χ0n) is 11.5. The van der Waals surface area contributed by atoms with Crippen molar-refractivity contribution in [3.63, 3.8) is 0 Å². The number of benzene rings is 1. The normalized spacial score (nSPS) is 23.6. The molecule has 0 aliphatic carbocycles. The minimum absolute atomic E-state index is 0.109. The second-order valence-corrected chi connectivity index (χ2v) is 7.95. The first-order valence-electron chi connectivity index (χ1n) is 6.65. The Labute approximate surface area is 124 Å². The van der Waals surface area contributed by atoms with Crippen LogP contribution in [0.1, 0.15) is 37.0 Å². The molecule has 1 amide bonds. The fraction of sp³-hybridized carbons (Fsp3) is 0.500. The van der Waals surface area contributed by atoms with Gasteiger partial charge in [0.05, 0.1) is 10.5 Å². The SMILES string of the molecule is CC1CCN(C(=O)c2ccccc2S(=O)(=O)Cl)C(C)C1. The third-order valence-corrected chi connectivity index (χ3v) is 5.16. The van der Waals surface area contributed by atoms with Crippen LogP contribution in [0.2, 0.25) is 0 Å². The largest absolute Gasteiger partial charge is 0.336 e. The molecular weight excluding hydrogens is 298 g/mol. The first-order valence-corrected chi connectivity index (χ1v) is 8.96. The molecule has 1 heterocycles. The quantitative estimate of drug-likeness (QED) is 0.789. The summed E-state index contributed by atoms with van der Waals surface area (Å²) in [6, 6.07) is 6.20. The van der Waals surface area contributed by atoms with Crippen molar-refractivity contribution in [2.75, 3.05) is 6.54 Å². The maximum Gasteiger partial charge on any atom is 0.262 e. The lowest BCUT2D eigenvalue weighted by Crippen LogP contribution is -2.44. The number of carbonyl (C=O) groups is 1. The van der Waals surface area contributed by atoms with Crippen LogP contribution < -0.4 is 0 Å². The lowest BCUT2D eigenvalue weighted by molar-refractivity contribution is 0.0584. The van der Waals surface area contributed by atoms with E-state index in [2.05, 4.69) is 6.92 Å². The van der Waals surface area contributed by atoms with Gasteiger partial charge >= 0.3 is 0 Å². The van der Waals surface area contributed by atoms with E-state index in [-0.39, 0.29) is 22.4 Å². The third-order valence-electron chi connectivity index (χ3n) is 3.78. The fourth-order valence-electron chi connectivity index (χ4n) is 2.72. The molecule has 0 radical (unpaired) electrons. The molecule has 6 heteroatoms. The Morgan fingerprint density at radius 2 is 1.95 bits per heavy atom. The molecule has 1 fully saturated rings. The monoisotopic (exact) mass is 315 g/mol. The molecule has 4 nitrogen and oxygen atoms in total. The van der Waals surface area contributed by atoms with Crippen molar-refractivity contribution in [3.8, 4) is 0 Å². The molecule has 20 heavy (non-hydrogen) atoms. The highest BCUT2D eigenvalue weighted by Crippen LogP contribution is 2.27. The van der Waals surface area contributed by atoms with Crippen LogP contribution in [0.15, 0.2) is 29.2 Å². The molecule has 1 aromatic carbocycles.